The lowest BCUT2D eigenvalue weighted by Gasteiger charge is -2.19. The van der Waals surface area contributed by atoms with Crippen LogP contribution in [0.15, 0.2) is 12.4 Å². The summed E-state index contributed by atoms with van der Waals surface area (Å²) >= 11 is 0. The van der Waals surface area contributed by atoms with Crippen LogP contribution in [0, 0.1) is 0 Å². The van der Waals surface area contributed by atoms with E-state index in [0.717, 1.165) is 6.54 Å². The molecule has 0 atom stereocenters. The molecule has 0 aromatic carbocycles. The Morgan fingerprint density at radius 2 is 2.00 bits per heavy atom. The van der Waals surface area contributed by atoms with Crippen molar-refractivity contribution in [3.8, 4) is 0 Å². The van der Waals surface area contributed by atoms with E-state index in [1.807, 2.05) is 27.7 Å². The van der Waals surface area contributed by atoms with Crippen LogP contribution in [0.1, 0.15) is 38.2 Å². The summed E-state index contributed by atoms with van der Waals surface area (Å²) in [5, 5.41) is 5.84. The molecular formula is C11H18N4O. The maximum atomic E-state index is 11.7. The Bertz CT molecular complexity index is 353. The molecule has 5 nitrogen and oxygen atoms in total. The van der Waals surface area contributed by atoms with Gasteiger partial charge in [0.25, 0.3) is 5.91 Å². The highest BCUT2D eigenvalue weighted by Gasteiger charge is 2.16. The fraction of sp³-hybridized carbons (Fsp3) is 0.545. The van der Waals surface area contributed by atoms with Gasteiger partial charge in [-0.15, -0.1) is 0 Å². The smallest absolute Gasteiger partial charge is 0.271 e. The summed E-state index contributed by atoms with van der Waals surface area (Å²) in [7, 11) is 0. The summed E-state index contributed by atoms with van der Waals surface area (Å²) in [6.45, 7) is 8.52. The van der Waals surface area contributed by atoms with E-state index in [2.05, 4.69) is 20.6 Å². The van der Waals surface area contributed by atoms with Gasteiger partial charge in [0.2, 0.25) is 0 Å². The number of carbonyl (C=O) groups excluding carboxylic acids is 1. The lowest BCUT2D eigenvalue weighted by atomic mass is 10.1. The Labute approximate surface area is 95.7 Å². The fourth-order valence-electron chi connectivity index (χ4n) is 1.12. The van der Waals surface area contributed by atoms with Gasteiger partial charge in [0, 0.05) is 12.1 Å². The van der Waals surface area contributed by atoms with Crippen molar-refractivity contribution in [3.63, 3.8) is 0 Å². The standard InChI is InChI=1S/C11H18N4O/c1-5-12-9-7-13-8(6-14-9)10(16)15-11(2,3)4/h6-7H,5H2,1-4H3,(H,12,14)(H,15,16). The van der Waals surface area contributed by atoms with Gasteiger partial charge in [-0.05, 0) is 27.7 Å². The first-order valence-electron chi connectivity index (χ1n) is 5.31. The zero-order valence-corrected chi connectivity index (χ0v) is 10.2. The molecule has 0 spiro atoms. The normalized spacial score (nSPS) is 11.0. The second kappa shape index (κ2) is 4.92. The van der Waals surface area contributed by atoms with E-state index in [1.54, 1.807) is 6.20 Å². The van der Waals surface area contributed by atoms with Crippen molar-refractivity contribution in [2.75, 3.05) is 11.9 Å². The topological polar surface area (TPSA) is 66.9 Å². The molecule has 1 amide bonds. The van der Waals surface area contributed by atoms with Gasteiger partial charge >= 0.3 is 0 Å². The summed E-state index contributed by atoms with van der Waals surface area (Å²) < 4.78 is 0. The van der Waals surface area contributed by atoms with Gasteiger partial charge in [-0.25, -0.2) is 9.97 Å². The predicted octanol–water partition coefficient (Wildman–Crippen LogP) is 1.44. The van der Waals surface area contributed by atoms with E-state index in [0.29, 0.717) is 11.5 Å². The molecule has 0 aliphatic carbocycles. The van der Waals surface area contributed by atoms with E-state index >= 15 is 0 Å². The first kappa shape index (κ1) is 12.4. The van der Waals surface area contributed by atoms with Crippen molar-refractivity contribution in [1.82, 2.24) is 15.3 Å². The number of nitrogens with zero attached hydrogens (tertiary/aromatic N) is 2. The third-order valence-electron chi connectivity index (χ3n) is 1.73. The van der Waals surface area contributed by atoms with Crippen molar-refractivity contribution >= 4 is 11.7 Å². The van der Waals surface area contributed by atoms with E-state index < -0.39 is 0 Å². The number of carbonyl (C=O) groups is 1. The molecule has 88 valence electrons. The number of rotatable bonds is 3. The lowest BCUT2D eigenvalue weighted by molar-refractivity contribution is 0.0914. The summed E-state index contributed by atoms with van der Waals surface area (Å²) in [4.78, 5) is 19.8. The van der Waals surface area contributed by atoms with Crippen LogP contribution in [0.25, 0.3) is 0 Å². The highest BCUT2D eigenvalue weighted by atomic mass is 16.2. The van der Waals surface area contributed by atoms with Crippen LogP contribution < -0.4 is 10.6 Å². The summed E-state index contributed by atoms with van der Waals surface area (Å²) in [6, 6.07) is 0. The minimum atomic E-state index is -0.265. The first-order valence-corrected chi connectivity index (χ1v) is 5.31. The summed E-state index contributed by atoms with van der Waals surface area (Å²) in [5.41, 5.74) is 0.0654. The van der Waals surface area contributed by atoms with Crippen LogP contribution in [-0.2, 0) is 0 Å². The van der Waals surface area contributed by atoms with Crippen molar-refractivity contribution in [1.29, 1.82) is 0 Å². The Balaban J connectivity index is 2.70. The second-order valence-electron chi connectivity index (χ2n) is 4.52. The number of amides is 1. The lowest BCUT2D eigenvalue weighted by Crippen LogP contribution is -2.40. The summed E-state index contributed by atoms with van der Waals surface area (Å²) in [5.74, 6) is 0.470. The predicted molar refractivity (Wildman–Crippen MR) is 63.4 cm³/mol. The van der Waals surface area contributed by atoms with Crippen LogP contribution >= 0.6 is 0 Å². The van der Waals surface area contributed by atoms with Crippen molar-refractivity contribution in [2.24, 2.45) is 0 Å². The molecule has 0 aliphatic heterocycles. The zero-order chi connectivity index (χ0) is 12.2. The molecule has 16 heavy (non-hydrogen) atoms. The Morgan fingerprint density at radius 1 is 1.31 bits per heavy atom. The third-order valence-corrected chi connectivity index (χ3v) is 1.73. The average molecular weight is 222 g/mol. The molecule has 1 aromatic heterocycles. The molecule has 1 aromatic rings. The van der Waals surface area contributed by atoms with Crippen LogP contribution in [0.3, 0.4) is 0 Å². The van der Waals surface area contributed by atoms with E-state index in [1.165, 1.54) is 6.20 Å². The van der Waals surface area contributed by atoms with Crippen LogP contribution in [-0.4, -0.2) is 28.0 Å². The minimum absolute atomic E-state index is 0.206. The van der Waals surface area contributed by atoms with E-state index in [9.17, 15) is 4.79 Å². The van der Waals surface area contributed by atoms with Gasteiger partial charge in [-0.3, -0.25) is 4.79 Å². The minimum Gasteiger partial charge on any atom is -0.369 e. The first-order chi connectivity index (χ1) is 7.42. The summed E-state index contributed by atoms with van der Waals surface area (Å²) in [6.07, 6.45) is 3.03. The quantitative estimate of drug-likeness (QED) is 0.812. The van der Waals surface area contributed by atoms with Crippen LogP contribution in [0.4, 0.5) is 5.82 Å². The molecule has 2 N–H and O–H groups in total. The van der Waals surface area contributed by atoms with E-state index in [-0.39, 0.29) is 11.4 Å². The fourth-order valence-corrected chi connectivity index (χ4v) is 1.12. The number of hydrogen-bond donors (Lipinski definition) is 2. The molecule has 0 unspecified atom stereocenters. The molecule has 1 heterocycles. The van der Waals surface area contributed by atoms with Gasteiger partial charge in [0.05, 0.1) is 12.4 Å². The van der Waals surface area contributed by atoms with Gasteiger partial charge in [0.1, 0.15) is 11.5 Å². The van der Waals surface area contributed by atoms with Crippen molar-refractivity contribution in [3.05, 3.63) is 18.1 Å². The van der Waals surface area contributed by atoms with Crippen LogP contribution in [0.5, 0.6) is 0 Å². The van der Waals surface area contributed by atoms with Gasteiger partial charge in [-0.1, -0.05) is 0 Å². The average Bonchev–Trinajstić information content (AvgIpc) is 2.16. The molecule has 0 saturated carbocycles. The largest absolute Gasteiger partial charge is 0.369 e. The molecule has 0 aliphatic rings. The van der Waals surface area contributed by atoms with Crippen LogP contribution in [0.2, 0.25) is 0 Å². The molecular weight excluding hydrogens is 204 g/mol. The highest BCUT2D eigenvalue weighted by Crippen LogP contribution is 2.04. The number of aromatic nitrogens is 2. The van der Waals surface area contributed by atoms with Gasteiger partial charge < -0.3 is 10.6 Å². The zero-order valence-electron chi connectivity index (χ0n) is 10.2. The Kier molecular flexibility index (Phi) is 3.82. The molecule has 0 bridgehead atoms. The third kappa shape index (κ3) is 3.84. The van der Waals surface area contributed by atoms with Gasteiger partial charge in [-0.2, -0.15) is 0 Å². The van der Waals surface area contributed by atoms with E-state index in [4.69, 9.17) is 0 Å². The Morgan fingerprint density at radius 3 is 2.44 bits per heavy atom. The molecule has 1 rings (SSSR count). The Hall–Kier alpha value is -1.65. The maximum Gasteiger partial charge on any atom is 0.271 e. The number of anilines is 1. The second-order valence-corrected chi connectivity index (χ2v) is 4.52. The monoisotopic (exact) mass is 222 g/mol. The number of hydrogen-bond acceptors (Lipinski definition) is 4. The molecule has 0 fully saturated rings. The number of nitrogens with one attached hydrogen (secondary N) is 2. The maximum absolute atomic E-state index is 11.7. The molecule has 5 heteroatoms. The van der Waals surface area contributed by atoms with Gasteiger partial charge in [0.15, 0.2) is 0 Å². The van der Waals surface area contributed by atoms with Crippen molar-refractivity contribution in [2.45, 2.75) is 33.2 Å². The highest BCUT2D eigenvalue weighted by molar-refractivity contribution is 5.92. The molecule has 0 radical (unpaired) electrons. The SMILES string of the molecule is CCNc1cnc(C(=O)NC(C)(C)C)cn1. The molecule has 0 saturated heterocycles. The van der Waals surface area contributed by atoms with Crippen molar-refractivity contribution < 1.29 is 4.79 Å².